The van der Waals surface area contributed by atoms with Crippen molar-refractivity contribution in [2.45, 2.75) is 78.4 Å². The third-order valence-corrected chi connectivity index (χ3v) is 7.83. The zero-order chi connectivity index (χ0) is 23.3. The molecule has 0 radical (unpaired) electrons. The summed E-state index contributed by atoms with van der Waals surface area (Å²) < 4.78 is 2.45. The molecule has 2 aliphatic rings. The molecule has 5 heteroatoms. The van der Waals surface area contributed by atoms with Gasteiger partial charge in [-0.25, -0.2) is 0 Å². The van der Waals surface area contributed by atoms with Gasteiger partial charge in [-0.1, -0.05) is 36.6 Å². The van der Waals surface area contributed by atoms with Crippen molar-refractivity contribution in [1.29, 1.82) is 0 Å². The molecule has 2 aromatic heterocycles. The maximum atomic E-state index is 5.94. The second-order valence-corrected chi connectivity index (χ2v) is 10.3. The third kappa shape index (κ3) is 3.76. The normalized spacial score (nSPS) is 21.1. The van der Waals surface area contributed by atoms with Gasteiger partial charge in [-0.2, -0.15) is 0 Å². The van der Waals surface area contributed by atoms with Crippen LogP contribution in [0.4, 0.5) is 0 Å². The number of nitrogens with zero attached hydrogens (tertiary/aromatic N) is 3. The number of thiocarbonyl (C=S) groups is 1. The number of hydrogen-bond acceptors (Lipinski definition) is 2. The van der Waals surface area contributed by atoms with Crippen LogP contribution < -0.4 is 5.32 Å². The van der Waals surface area contributed by atoms with Crippen molar-refractivity contribution >= 4 is 17.3 Å². The Morgan fingerprint density at radius 1 is 0.970 bits per heavy atom. The van der Waals surface area contributed by atoms with Gasteiger partial charge in [0.15, 0.2) is 5.11 Å². The summed E-state index contributed by atoms with van der Waals surface area (Å²) in [6, 6.07) is 13.8. The van der Waals surface area contributed by atoms with E-state index in [1.165, 1.54) is 65.0 Å². The Kier molecular flexibility index (Phi) is 5.77. The Labute approximate surface area is 203 Å². The fourth-order valence-corrected chi connectivity index (χ4v) is 6.62. The van der Waals surface area contributed by atoms with Crippen LogP contribution in [0, 0.1) is 34.6 Å². The van der Waals surface area contributed by atoms with E-state index < -0.39 is 0 Å². The fraction of sp³-hybridized carbons (Fsp3) is 0.429. The molecule has 1 saturated carbocycles. The summed E-state index contributed by atoms with van der Waals surface area (Å²) in [6.07, 6.45) is 6.87. The number of pyridine rings is 1. The van der Waals surface area contributed by atoms with Gasteiger partial charge < -0.3 is 14.8 Å². The highest BCUT2D eigenvalue weighted by Crippen LogP contribution is 2.45. The largest absolute Gasteiger partial charge is 0.352 e. The van der Waals surface area contributed by atoms with Gasteiger partial charge in [0.1, 0.15) is 0 Å². The number of aryl methyl sites for hydroxylation is 4. The second kappa shape index (κ2) is 8.60. The first-order chi connectivity index (χ1) is 15.9. The minimum Gasteiger partial charge on any atom is -0.352 e. The zero-order valence-corrected chi connectivity index (χ0v) is 21.2. The minimum absolute atomic E-state index is 0.0495. The highest BCUT2D eigenvalue weighted by atomic mass is 32.1. The van der Waals surface area contributed by atoms with E-state index in [0.29, 0.717) is 6.04 Å². The van der Waals surface area contributed by atoms with Crippen molar-refractivity contribution in [3.63, 3.8) is 0 Å². The summed E-state index contributed by atoms with van der Waals surface area (Å²) >= 11 is 5.94. The molecule has 0 unspecified atom stereocenters. The van der Waals surface area contributed by atoms with Crippen molar-refractivity contribution in [1.82, 2.24) is 19.8 Å². The first kappa shape index (κ1) is 22.1. The van der Waals surface area contributed by atoms with Crippen LogP contribution in [0.25, 0.3) is 5.69 Å². The Morgan fingerprint density at radius 3 is 2.30 bits per heavy atom. The Morgan fingerprint density at radius 2 is 1.67 bits per heavy atom. The lowest BCUT2D eigenvalue weighted by molar-refractivity contribution is 0.245. The Bertz CT molecular complexity index is 1170. The van der Waals surface area contributed by atoms with Crippen molar-refractivity contribution in [2.75, 3.05) is 0 Å². The SMILES string of the molecule is Cc1cc(C)c(-n2c(C)cc([C@H]3[C@@H](c4ccccn4)NC(=S)N3C3CCCC3)c2C)c(C)c1. The molecule has 172 valence electrons. The smallest absolute Gasteiger partial charge is 0.170 e. The van der Waals surface area contributed by atoms with Crippen LogP contribution in [0.3, 0.4) is 0 Å². The van der Waals surface area contributed by atoms with Gasteiger partial charge >= 0.3 is 0 Å². The molecule has 3 aromatic rings. The van der Waals surface area contributed by atoms with E-state index in [4.69, 9.17) is 17.2 Å². The number of nitrogens with one attached hydrogen (secondary N) is 1. The van der Waals surface area contributed by atoms with Crippen LogP contribution in [-0.2, 0) is 0 Å². The number of hydrogen-bond donors (Lipinski definition) is 1. The van der Waals surface area contributed by atoms with E-state index in [2.05, 4.69) is 79.7 Å². The highest BCUT2D eigenvalue weighted by Gasteiger charge is 2.44. The van der Waals surface area contributed by atoms with Gasteiger partial charge in [-0.3, -0.25) is 4.98 Å². The molecule has 0 bridgehead atoms. The number of benzene rings is 1. The molecule has 5 rings (SSSR count). The average Bonchev–Trinajstić information content (AvgIpc) is 3.48. The van der Waals surface area contributed by atoms with Crippen LogP contribution in [0.2, 0.25) is 0 Å². The zero-order valence-electron chi connectivity index (χ0n) is 20.4. The molecule has 1 aliphatic carbocycles. The monoisotopic (exact) mass is 458 g/mol. The molecule has 33 heavy (non-hydrogen) atoms. The molecule has 3 heterocycles. The Hall–Kier alpha value is -2.66. The van der Waals surface area contributed by atoms with Crippen LogP contribution >= 0.6 is 12.2 Å². The van der Waals surface area contributed by atoms with Gasteiger partial charge in [-0.15, -0.1) is 0 Å². The Balaban J connectivity index is 1.67. The van der Waals surface area contributed by atoms with Gasteiger partial charge in [0.05, 0.1) is 23.5 Å². The van der Waals surface area contributed by atoms with Gasteiger partial charge in [0.25, 0.3) is 0 Å². The lowest BCUT2D eigenvalue weighted by Crippen LogP contribution is -2.37. The van der Waals surface area contributed by atoms with E-state index in [1.807, 2.05) is 12.3 Å². The van der Waals surface area contributed by atoms with Gasteiger partial charge in [0.2, 0.25) is 0 Å². The van der Waals surface area contributed by atoms with Crippen LogP contribution in [0.15, 0.2) is 42.6 Å². The fourth-order valence-electron chi connectivity index (χ4n) is 6.23. The van der Waals surface area contributed by atoms with Crippen molar-refractivity contribution in [2.24, 2.45) is 0 Å². The quantitative estimate of drug-likeness (QED) is 0.463. The van der Waals surface area contributed by atoms with Crippen LogP contribution in [0.5, 0.6) is 0 Å². The average molecular weight is 459 g/mol. The standard InChI is InChI=1S/C28H34N4S/c1-17-14-18(2)26(19(3)15-17)31-20(4)16-23(21(31)5)27-25(24-12-8-9-13-29-24)30-28(33)32(27)22-10-6-7-11-22/h8-9,12-16,22,25,27H,6-7,10-11H2,1-5H3,(H,30,33)/t25-,27+/m1/s1. The minimum atomic E-state index is 0.0495. The van der Waals surface area contributed by atoms with Crippen molar-refractivity contribution < 1.29 is 0 Å². The topological polar surface area (TPSA) is 33.1 Å². The second-order valence-electron chi connectivity index (χ2n) is 9.88. The van der Waals surface area contributed by atoms with E-state index >= 15 is 0 Å². The summed E-state index contributed by atoms with van der Waals surface area (Å²) in [5.41, 5.74) is 10.2. The first-order valence-electron chi connectivity index (χ1n) is 12.1. The molecule has 1 aliphatic heterocycles. The van der Waals surface area contributed by atoms with Crippen LogP contribution in [0.1, 0.15) is 77.1 Å². The van der Waals surface area contributed by atoms with E-state index in [-0.39, 0.29) is 12.1 Å². The summed E-state index contributed by atoms with van der Waals surface area (Å²) in [7, 11) is 0. The van der Waals surface area contributed by atoms with Gasteiger partial charge in [0, 0.05) is 23.6 Å². The van der Waals surface area contributed by atoms with Crippen molar-refractivity contribution in [3.8, 4) is 5.69 Å². The molecule has 1 saturated heterocycles. The van der Waals surface area contributed by atoms with E-state index in [0.717, 1.165) is 10.8 Å². The molecule has 4 nitrogen and oxygen atoms in total. The predicted octanol–water partition coefficient (Wildman–Crippen LogP) is 6.33. The molecular formula is C28H34N4S. The molecule has 0 spiro atoms. The molecule has 0 amide bonds. The third-order valence-electron chi connectivity index (χ3n) is 7.50. The molecular weight excluding hydrogens is 424 g/mol. The maximum absolute atomic E-state index is 5.94. The molecule has 2 fully saturated rings. The molecule has 1 aromatic carbocycles. The lowest BCUT2D eigenvalue weighted by atomic mass is 9.95. The summed E-state index contributed by atoms with van der Waals surface area (Å²) in [5.74, 6) is 0. The van der Waals surface area contributed by atoms with Gasteiger partial charge in [-0.05, 0) is 94.6 Å². The summed E-state index contributed by atoms with van der Waals surface area (Å²) in [5, 5.41) is 4.53. The van der Waals surface area contributed by atoms with Crippen LogP contribution in [-0.4, -0.2) is 25.6 Å². The number of aromatic nitrogens is 2. The predicted molar refractivity (Wildman–Crippen MR) is 139 cm³/mol. The molecule has 1 N–H and O–H groups in total. The van der Waals surface area contributed by atoms with E-state index in [1.54, 1.807) is 0 Å². The molecule has 2 atom stereocenters. The number of rotatable bonds is 4. The van der Waals surface area contributed by atoms with Crippen molar-refractivity contribution in [3.05, 3.63) is 81.9 Å². The highest BCUT2D eigenvalue weighted by molar-refractivity contribution is 7.80. The first-order valence-corrected chi connectivity index (χ1v) is 12.5. The summed E-state index contributed by atoms with van der Waals surface area (Å²) in [4.78, 5) is 7.23. The maximum Gasteiger partial charge on any atom is 0.170 e. The lowest BCUT2D eigenvalue weighted by Gasteiger charge is -2.33. The summed E-state index contributed by atoms with van der Waals surface area (Å²) in [6.45, 7) is 11.1. The van der Waals surface area contributed by atoms with E-state index in [9.17, 15) is 0 Å².